The quantitative estimate of drug-likeness (QED) is 0.894. The normalized spacial score (nSPS) is 18.8. The van der Waals surface area contributed by atoms with E-state index in [2.05, 4.69) is 14.7 Å². The molecular formula is C11H14F3N3O2S. The topological polar surface area (TPSA) is 75.1 Å². The van der Waals surface area contributed by atoms with Crippen molar-refractivity contribution in [3.63, 3.8) is 0 Å². The van der Waals surface area contributed by atoms with Crippen LogP contribution in [0.25, 0.3) is 0 Å². The zero-order valence-electron chi connectivity index (χ0n) is 10.5. The van der Waals surface area contributed by atoms with Crippen molar-refractivity contribution >= 4 is 22.6 Å². The van der Waals surface area contributed by atoms with Gasteiger partial charge in [-0.05, 0) is 18.8 Å². The summed E-state index contributed by atoms with van der Waals surface area (Å²) in [4.78, 5) is 14.6. The van der Waals surface area contributed by atoms with Gasteiger partial charge >= 0.3 is 12.1 Å². The van der Waals surface area contributed by atoms with Crippen LogP contribution in [0.3, 0.4) is 0 Å². The number of nitrogens with one attached hydrogen (secondary N) is 1. The molecule has 0 aliphatic heterocycles. The minimum atomic E-state index is -4.61. The van der Waals surface area contributed by atoms with Gasteiger partial charge in [0.2, 0.25) is 11.0 Å². The number of hydrogen-bond donors (Lipinski definition) is 2. The number of aliphatic carboxylic acids is 1. The number of rotatable bonds is 4. The molecule has 1 saturated carbocycles. The molecule has 1 aliphatic carbocycles. The number of nitrogens with zero attached hydrogens (tertiary/aromatic N) is 2. The van der Waals surface area contributed by atoms with Crippen LogP contribution in [0.4, 0.5) is 18.3 Å². The van der Waals surface area contributed by atoms with E-state index in [1.54, 1.807) is 0 Å². The first kappa shape index (κ1) is 15.0. The van der Waals surface area contributed by atoms with Gasteiger partial charge in [-0.25, -0.2) is 4.79 Å². The minimum absolute atomic E-state index is 0.0838. The van der Waals surface area contributed by atoms with Crippen molar-refractivity contribution in [2.24, 2.45) is 5.92 Å². The number of carbonyl (C=O) groups is 1. The number of aromatic nitrogens is 2. The van der Waals surface area contributed by atoms with Crippen LogP contribution in [0.5, 0.6) is 0 Å². The fourth-order valence-electron chi connectivity index (χ4n) is 2.38. The first-order valence-corrected chi connectivity index (χ1v) is 7.05. The second kappa shape index (κ2) is 5.94. The highest BCUT2D eigenvalue weighted by atomic mass is 32.1. The Kier molecular flexibility index (Phi) is 4.46. The van der Waals surface area contributed by atoms with Crippen LogP contribution in [-0.4, -0.2) is 26.5 Å². The molecule has 0 bridgehead atoms. The molecule has 1 fully saturated rings. The zero-order chi connectivity index (χ0) is 14.8. The summed E-state index contributed by atoms with van der Waals surface area (Å²) in [6, 6.07) is -0.913. The average molecular weight is 309 g/mol. The van der Waals surface area contributed by atoms with Crippen LogP contribution in [0.2, 0.25) is 0 Å². The summed E-state index contributed by atoms with van der Waals surface area (Å²) in [5, 5.41) is 11.7. The summed E-state index contributed by atoms with van der Waals surface area (Å²) in [7, 11) is 0. The minimum Gasteiger partial charge on any atom is -0.480 e. The van der Waals surface area contributed by atoms with E-state index in [4.69, 9.17) is 0 Å². The molecule has 1 aromatic heterocycles. The van der Waals surface area contributed by atoms with Gasteiger partial charge in [-0.1, -0.05) is 19.3 Å². The van der Waals surface area contributed by atoms with Crippen molar-refractivity contribution in [3.05, 3.63) is 5.82 Å². The molecule has 1 atom stereocenters. The van der Waals surface area contributed by atoms with Gasteiger partial charge < -0.3 is 10.4 Å². The lowest BCUT2D eigenvalue weighted by Gasteiger charge is -2.27. The monoisotopic (exact) mass is 309 g/mol. The molecule has 5 nitrogen and oxygen atoms in total. The van der Waals surface area contributed by atoms with Gasteiger partial charge in [0.1, 0.15) is 6.04 Å². The number of hydrogen-bond acceptors (Lipinski definition) is 5. The maximum atomic E-state index is 12.4. The highest BCUT2D eigenvalue weighted by Crippen LogP contribution is 2.31. The predicted octanol–water partition coefficient (Wildman–Crippen LogP) is 3.00. The van der Waals surface area contributed by atoms with Crippen LogP contribution in [0.15, 0.2) is 0 Å². The smallest absolute Gasteiger partial charge is 0.452 e. The lowest BCUT2D eigenvalue weighted by atomic mass is 9.84. The summed E-state index contributed by atoms with van der Waals surface area (Å²) >= 11 is 0.531. The van der Waals surface area contributed by atoms with Crippen molar-refractivity contribution in [1.29, 1.82) is 0 Å². The number of carboxylic acids is 1. The van der Waals surface area contributed by atoms with Crippen LogP contribution in [0, 0.1) is 5.92 Å². The van der Waals surface area contributed by atoms with Crippen molar-refractivity contribution in [2.45, 2.75) is 44.3 Å². The Bertz CT molecular complexity index is 472. The first-order valence-electron chi connectivity index (χ1n) is 6.28. The molecular weight excluding hydrogens is 295 g/mol. The maximum absolute atomic E-state index is 12.4. The highest BCUT2D eigenvalue weighted by Gasteiger charge is 2.37. The molecule has 1 unspecified atom stereocenters. The third-order valence-electron chi connectivity index (χ3n) is 3.35. The third-order valence-corrected chi connectivity index (χ3v) is 3.99. The second-order valence-corrected chi connectivity index (χ2v) is 5.53. The zero-order valence-corrected chi connectivity index (χ0v) is 11.3. The van der Waals surface area contributed by atoms with E-state index in [0.717, 1.165) is 32.1 Å². The molecule has 0 amide bonds. The van der Waals surface area contributed by atoms with Crippen molar-refractivity contribution in [1.82, 2.24) is 9.36 Å². The Labute approximate surface area is 117 Å². The summed E-state index contributed by atoms with van der Waals surface area (Å²) in [5.41, 5.74) is 0. The van der Waals surface area contributed by atoms with Crippen LogP contribution in [0.1, 0.15) is 37.9 Å². The van der Waals surface area contributed by atoms with Gasteiger partial charge in [-0.15, -0.1) is 0 Å². The summed E-state index contributed by atoms with van der Waals surface area (Å²) < 4.78 is 40.4. The Morgan fingerprint density at radius 1 is 1.35 bits per heavy atom. The Morgan fingerprint density at radius 3 is 2.50 bits per heavy atom. The van der Waals surface area contributed by atoms with E-state index >= 15 is 0 Å². The Balaban J connectivity index is 2.08. The van der Waals surface area contributed by atoms with Crippen molar-refractivity contribution in [3.8, 4) is 0 Å². The Hall–Kier alpha value is -1.38. The van der Waals surface area contributed by atoms with Gasteiger partial charge in [0.15, 0.2) is 0 Å². The lowest BCUT2D eigenvalue weighted by molar-refractivity contribution is -0.144. The molecule has 0 aromatic carbocycles. The Morgan fingerprint density at radius 2 is 2.00 bits per heavy atom. The predicted molar refractivity (Wildman–Crippen MR) is 66.5 cm³/mol. The summed E-state index contributed by atoms with van der Waals surface area (Å²) in [6.45, 7) is 0. The van der Waals surface area contributed by atoms with E-state index in [9.17, 15) is 23.1 Å². The number of carboxylic acid groups (broad SMARTS) is 1. The van der Waals surface area contributed by atoms with Gasteiger partial charge in [-0.2, -0.15) is 22.5 Å². The molecule has 1 aromatic rings. The second-order valence-electron chi connectivity index (χ2n) is 4.78. The molecule has 1 heterocycles. The molecule has 9 heteroatoms. The standard InChI is InChI=1S/C11H14F3N3O2S/c12-11(13,14)9-16-10(20-17-9)15-7(8(18)19)6-4-2-1-3-5-6/h6-7H,1-5H2,(H,18,19)(H,15,16,17). The molecule has 0 saturated heterocycles. The number of halogens is 3. The van der Waals surface area contributed by atoms with Gasteiger partial charge in [0.05, 0.1) is 0 Å². The molecule has 1 aliphatic rings. The fourth-order valence-corrected chi connectivity index (χ4v) is 3.00. The van der Waals surface area contributed by atoms with Crippen LogP contribution in [-0.2, 0) is 11.0 Å². The average Bonchev–Trinajstić information content (AvgIpc) is 2.85. The maximum Gasteiger partial charge on any atom is 0.452 e. The number of alkyl halides is 3. The molecule has 20 heavy (non-hydrogen) atoms. The first-order chi connectivity index (χ1) is 9.38. The highest BCUT2D eigenvalue weighted by molar-refractivity contribution is 7.09. The van der Waals surface area contributed by atoms with E-state index < -0.39 is 24.0 Å². The molecule has 2 N–H and O–H groups in total. The number of anilines is 1. The summed E-state index contributed by atoms with van der Waals surface area (Å²) in [5.74, 6) is -2.39. The van der Waals surface area contributed by atoms with Crippen molar-refractivity contribution in [2.75, 3.05) is 5.32 Å². The van der Waals surface area contributed by atoms with E-state index in [1.165, 1.54) is 0 Å². The van der Waals surface area contributed by atoms with Crippen LogP contribution >= 0.6 is 11.5 Å². The largest absolute Gasteiger partial charge is 0.480 e. The molecule has 0 radical (unpaired) electrons. The fraction of sp³-hybridized carbons (Fsp3) is 0.727. The third kappa shape index (κ3) is 3.59. The van der Waals surface area contributed by atoms with E-state index in [-0.39, 0.29) is 11.0 Å². The van der Waals surface area contributed by atoms with E-state index in [1.807, 2.05) is 0 Å². The van der Waals surface area contributed by atoms with Gasteiger partial charge in [0.25, 0.3) is 0 Å². The lowest BCUT2D eigenvalue weighted by Crippen LogP contribution is -2.38. The molecule has 0 spiro atoms. The van der Waals surface area contributed by atoms with Crippen molar-refractivity contribution < 1.29 is 23.1 Å². The summed E-state index contributed by atoms with van der Waals surface area (Å²) in [6.07, 6.45) is -0.135. The van der Waals surface area contributed by atoms with E-state index in [0.29, 0.717) is 11.5 Å². The van der Waals surface area contributed by atoms with Gasteiger partial charge in [0, 0.05) is 11.5 Å². The molecule has 2 rings (SSSR count). The molecule has 112 valence electrons. The van der Waals surface area contributed by atoms with Crippen LogP contribution < -0.4 is 5.32 Å². The SMILES string of the molecule is O=C(O)C(Nc1nc(C(F)(F)F)ns1)C1CCCCC1. The van der Waals surface area contributed by atoms with Gasteiger partial charge in [-0.3, -0.25) is 0 Å².